The second-order valence-electron chi connectivity index (χ2n) is 9.55. The molecule has 3 heterocycles. The van der Waals surface area contributed by atoms with Gasteiger partial charge in [-0.2, -0.15) is 0 Å². The summed E-state index contributed by atoms with van der Waals surface area (Å²) >= 11 is 1.25. The number of ether oxygens (including phenoxy) is 3. The van der Waals surface area contributed by atoms with Crippen LogP contribution in [0.1, 0.15) is 42.4 Å². The van der Waals surface area contributed by atoms with E-state index in [0.717, 1.165) is 22.6 Å². The molecule has 0 amide bonds. The SMILES string of the molecule is CCOC(=O)C1=C(C)N=c2s/c(=C\c3cc(C)n(-c4ccc(F)cc4)c3C)c(=O)n2C1c1ccc(OC)cc1OC. The van der Waals surface area contributed by atoms with Gasteiger partial charge in [0.1, 0.15) is 23.4 Å². The van der Waals surface area contributed by atoms with Gasteiger partial charge >= 0.3 is 5.97 Å². The third kappa shape index (κ3) is 4.99. The summed E-state index contributed by atoms with van der Waals surface area (Å²) in [6.45, 7) is 7.56. The first-order chi connectivity index (χ1) is 19.7. The van der Waals surface area contributed by atoms with Crippen LogP contribution in [0.3, 0.4) is 0 Å². The monoisotopic (exact) mass is 575 g/mol. The van der Waals surface area contributed by atoms with E-state index in [2.05, 4.69) is 4.99 Å². The van der Waals surface area contributed by atoms with Gasteiger partial charge in [-0.1, -0.05) is 11.3 Å². The van der Waals surface area contributed by atoms with Crippen LogP contribution in [0, 0.1) is 19.7 Å². The van der Waals surface area contributed by atoms with Crippen LogP contribution in [0.5, 0.6) is 11.5 Å². The standard InChI is InChI=1S/C31H30FN3O5S/c1-7-40-30(37)27-18(3)33-31-35(28(27)24-13-12-23(38-5)16-25(24)39-6)29(36)26(41-31)15-20-14-17(2)34(19(20)4)22-10-8-21(32)9-11-22/h8-16,28H,7H2,1-6H3/b26-15-. The molecule has 4 aromatic rings. The van der Waals surface area contributed by atoms with Gasteiger partial charge in [0.15, 0.2) is 4.80 Å². The van der Waals surface area contributed by atoms with Crippen molar-refractivity contribution in [2.45, 2.75) is 33.7 Å². The molecule has 1 aliphatic heterocycles. The summed E-state index contributed by atoms with van der Waals surface area (Å²) in [5.41, 5.74) is 4.55. The lowest BCUT2D eigenvalue weighted by atomic mass is 9.95. The lowest BCUT2D eigenvalue weighted by Crippen LogP contribution is -2.40. The molecule has 0 bridgehead atoms. The van der Waals surface area contributed by atoms with Crippen LogP contribution in [0.4, 0.5) is 4.39 Å². The maximum Gasteiger partial charge on any atom is 0.338 e. The topological polar surface area (TPSA) is 84.1 Å². The first-order valence-corrected chi connectivity index (χ1v) is 13.9. The highest BCUT2D eigenvalue weighted by atomic mass is 32.1. The molecule has 8 nitrogen and oxygen atoms in total. The largest absolute Gasteiger partial charge is 0.497 e. The molecule has 0 spiro atoms. The number of carbonyl (C=O) groups excluding carboxylic acids is 1. The summed E-state index contributed by atoms with van der Waals surface area (Å²) in [7, 11) is 3.08. The number of aromatic nitrogens is 2. The molecule has 0 saturated heterocycles. The molecule has 0 fully saturated rings. The molecule has 5 rings (SSSR count). The van der Waals surface area contributed by atoms with Crippen molar-refractivity contribution in [1.29, 1.82) is 0 Å². The Kier molecular flexibility index (Phi) is 7.68. The average molecular weight is 576 g/mol. The fraction of sp³-hybridized carbons (Fsp3) is 0.258. The van der Waals surface area contributed by atoms with Crippen LogP contribution < -0.4 is 24.4 Å². The normalized spacial score (nSPS) is 15.0. The average Bonchev–Trinajstić information content (AvgIpc) is 3.41. The van der Waals surface area contributed by atoms with Gasteiger partial charge in [0.25, 0.3) is 5.56 Å². The van der Waals surface area contributed by atoms with Gasteiger partial charge in [-0.15, -0.1) is 0 Å². The minimum absolute atomic E-state index is 0.177. The van der Waals surface area contributed by atoms with Gasteiger partial charge in [0, 0.05) is 28.7 Å². The molecule has 1 unspecified atom stereocenters. The van der Waals surface area contributed by atoms with Crippen LogP contribution in [0.15, 0.2) is 69.6 Å². The number of carbonyl (C=O) groups is 1. The van der Waals surface area contributed by atoms with E-state index in [0.29, 0.717) is 32.1 Å². The molecule has 2 aromatic carbocycles. The van der Waals surface area contributed by atoms with Crippen molar-refractivity contribution in [2.75, 3.05) is 20.8 Å². The van der Waals surface area contributed by atoms with Crippen molar-refractivity contribution < 1.29 is 23.4 Å². The molecular weight excluding hydrogens is 545 g/mol. The fourth-order valence-corrected chi connectivity index (χ4v) is 6.23. The number of rotatable bonds is 7. The van der Waals surface area contributed by atoms with E-state index in [1.165, 1.54) is 35.1 Å². The summed E-state index contributed by atoms with van der Waals surface area (Å²) < 4.78 is 34.0. The summed E-state index contributed by atoms with van der Waals surface area (Å²) in [6, 6.07) is 12.7. The van der Waals surface area contributed by atoms with Crippen molar-refractivity contribution in [3.8, 4) is 17.2 Å². The van der Waals surface area contributed by atoms with E-state index in [9.17, 15) is 14.0 Å². The van der Waals surface area contributed by atoms with Crippen molar-refractivity contribution >= 4 is 23.4 Å². The van der Waals surface area contributed by atoms with Crippen molar-refractivity contribution in [3.05, 3.63) is 108 Å². The van der Waals surface area contributed by atoms with Crippen LogP contribution in [-0.2, 0) is 9.53 Å². The maximum absolute atomic E-state index is 14.1. The van der Waals surface area contributed by atoms with Crippen LogP contribution >= 0.6 is 11.3 Å². The number of allylic oxidation sites excluding steroid dienone is 1. The molecule has 1 aliphatic rings. The smallest absolute Gasteiger partial charge is 0.338 e. The predicted octanol–water partition coefficient (Wildman–Crippen LogP) is 4.36. The summed E-state index contributed by atoms with van der Waals surface area (Å²) in [5, 5.41) is 0. The highest BCUT2D eigenvalue weighted by molar-refractivity contribution is 7.07. The third-order valence-electron chi connectivity index (χ3n) is 7.09. The first-order valence-electron chi connectivity index (χ1n) is 13.0. The predicted molar refractivity (Wildman–Crippen MR) is 155 cm³/mol. The lowest BCUT2D eigenvalue weighted by Gasteiger charge is -2.26. The molecule has 1 atom stereocenters. The molecule has 41 heavy (non-hydrogen) atoms. The first kappa shape index (κ1) is 28.1. The van der Waals surface area contributed by atoms with Gasteiger partial charge in [0.2, 0.25) is 0 Å². The molecule has 2 aromatic heterocycles. The summed E-state index contributed by atoms with van der Waals surface area (Å²) in [6.07, 6.45) is 1.83. The highest BCUT2D eigenvalue weighted by Gasteiger charge is 2.35. The van der Waals surface area contributed by atoms with Crippen LogP contribution in [-0.4, -0.2) is 35.9 Å². The molecule has 0 radical (unpaired) electrons. The minimum Gasteiger partial charge on any atom is -0.497 e. The zero-order valence-electron chi connectivity index (χ0n) is 23.6. The Bertz CT molecular complexity index is 1860. The van der Waals surface area contributed by atoms with E-state index >= 15 is 0 Å². The van der Waals surface area contributed by atoms with Gasteiger partial charge in [-0.3, -0.25) is 9.36 Å². The number of aryl methyl sites for hydroxylation is 1. The van der Waals surface area contributed by atoms with E-state index in [4.69, 9.17) is 14.2 Å². The Morgan fingerprint density at radius 2 is 1.80 bits per heavy atom. The number of fused-ring (bicyclic) bond motifs is 1. The quantitative estimate of drug-likeness (QED) is 0.306. The maximum atomic E-state index is 14.1. The number of halogens is 1. The van der Waals surface area contributed by atoms with Crippen molar-refractivity contribution in [3.63, 3.8) is 0 Å². The van der Waals surface area contributed by atoms with E-state index in [1.807, 2.05) is 30.6 Å². The Labute approximate surface area is 240 Å². The van der Waals surface area contributed by atoms with Gasteiger partial charge in [0.05, 0.1) is 36.6 Å². The lowest BCUT2D eigenvalue weighted by molar-refractivity contribution is -0.139. The second kappa shape index (κ2) is 11.2. The van der Waals surface area contributed by atoms with Crippen molar-refractivity contribution in [1.82, 2.24) is 9.13 Å². The highest BCUT2D eigenvalue weighted by Crippen LogP contribution is 2.37. The van der Waals surface area contributed by atoms with Gasteiger partial charge in [-0.05, 0) is 81.8 Å². The Morgan fingerprint density at radius 1 is 1.07 bits per heavy atom. The Morgan fingerprint density at radius 3 is 2.46 bits per heavy atom. The molecular formula is C31H30FN3O5S. The van der Waals surface area contributed by atoms with Gasteiger partial charge in [-0.25, -0.2) is 14.2 Å². The van der Waals surface area contributed by atoms with Crippen LogP contribution in [0.2, 0.25) is 0 Å². The molecule has 10 heteroatoms. The number of nitrogens with zero attached hydrogens (tertiary/aromatic N) is 3. The van der Waals surface area contributed by atoms with Gasteiger partial charge < -0.3 is 18.8 Å². The number of hydrogen-bond acceptors (Lipinski definition) is 7. The molecule has 0 aliphatic carbocycles. The number of benzene rings is 2. The number of hydrogen-bond donors (Lipinski definition) is 0. The Balaban J connectivity index is 1.72. The van der Waals surface area contributed by atoms with Crippen LogP contribution in [0.25, 0.3) is 11.8 Å². The number of esters is 1. The fourth-order valence-electron chi connectivity index (χ4n) is 5.19. The summed E-state index contributed by atoms with van der Waals surface area (Å²) in [4.78, 5) is 32.4. The zero-order valence-corrected chi connectivity index (χ0v) is 24.5. The van der Waals surface area contributed by atoms with Crippen molar-refractivity contribution in [2.24, 2.45) is 4.99 Å². The number of methoxy groups -OCH3 is 2. The number of thiazole rings is 1. The van der Waals surface area contributed by atoms with E-state index in [1.54, 1.807) is 51.3 Å². The minimum atomic E-state index is -0.819. The second-order valence-corrected chi connectivity index (χ2v) is 10.6. The molecule has 0 N–H and O–H groups in total. The Hall–Kier alpha value is -4.44. The molecule has 0 saturated carbocycles. The summed E-state index contributed by atoms with van der Waals surface area (Å²) in [5.74, 6) is 0.183. The molecule has 212 valence electrons. The van der Waals surface area contributed by atoms with E-state index < -0.39 is 12.0 Å². The third-order valence-corrected chi connectivity index (χ3v) is 8.08. The van der Waals surface area contributed by atoms with E-state index in [-0.39, 0.29) is 23.6 Å². The zero-order chi connectivity index (χ0) is 29.4.